The average Bonchev–Trinajstić information content (AvgIpc) is 3.05. The molecule has 0 radical (unpaired) electrons. The summed E-state index contributed by atoms with van der Waals surface area (Å²) in [5.41, 5.74) is 9.50. The molecule has 2 aromatic rings. The summed E-state index contributed by atoms with van der Waals surface area (Å²) in [7, 11) is 9.01. The molecule has 2 heterocycles. The van der Waals surface area contributed by atoms with Gasteiger partial charge in [0.05, 0.1) is 47.0 Å². The molecular weight excluding hydrogens is 568 g/mol. The van der Waals surface area contributed by atoms with Crippen LogP contribution in [0, 0.1) is 17.8 Å². The van der Waals surface area contributed by atoms with Crippen molar-refractivity contribution in [3.63, 3.8) is 0 Å². The highest BCUT2D eigenvalue weighted by molar-refractivity contribution is 5.91. The Morgan fingerprint density at radius 2 is 1.64 bits per heavy atom. The molecule has 6 atom stereocenters. The van der Waals surface area contributed by atoms with E-state index in [0.29, 0.717) is 29.4 Å². The minimum atomic E-state index is -0.675. The van der Waals surface area contributed by atoms with Crippen LogP contribution in [0.3, 0.4) is 0 Å². The van der Waals surface area contributed by atoms with Crippen LogP contribution >= 0.6 is 0 Å². The van der Waals surface area contributed by atoms with E-state index in [-0.39, 0.29) is 29.4 Å². The summed E-state index contributed by atoms with van der Waals surface area (Å²) in [5.74, 6) is 0.304. The van der Waals surface area contributed by atoms with Gasteiger partial charge >= 0.3 is 11.9 Å². The summed E-state index contributed by atoms with van der Waals surface area (Å²) in [6, 6.07) is 9.00. The third kappa shape index (κ3) is 5.90. The minimum absolute atomic E-state index is 0.0198. The first-order chi connectivity index (χ1) is 21.3. The lowest BCUT2D eigenvalue weighted by molar-refractivity contribution is -0.175. The Hall–Kier alpha value is -3.96. The second-order valence-electron chi connectivity index (χ2n) is 11.5. The van der Waals surface area contributed by atoms with Crippen molar-refractivity contribution in [2.45, 2.75) is 37.5 Å². The zero-order chi connectivity index (χ0) is 31.5. The van der Waals surface area contributed by atoms with E-state index >= 15 is 0 Å². The number of benzene rings is 2. The van der Waals surface area contributed by atoms with Crippen LogP contribution in [0.15, 0.2) is 36.4 Å². The average molecular weight is 611 g/mol. The number of anilines is 1. The number of nitrogens with zero attached hydrogens (tertiary/aromatic N) is 1. The first-order valence-corrected chi connectivity index (χ1v) is 14.8. The lowest BCUT2D eigenvalue weighted by Crippen LogP contribution is -2.59. The molecule has 5 rings (SSSR count). The van der Waals surface area contributed by atoms with Gasteiger partial charge in [-0.2, -0.15) is 0 Å². The van der Waals surface area contributed by atoms with E-state index in [0.717, 1.165) is 37.2 Å². The van der Waals surface area contributed by atoms with Gasteiger partial charge in [-0.1, -0.05) is 6.08 Å². The maximum absolute atomic E-state index is 13.5. The Morgan fingerprint density at radius 1 is 0.909 bits per heavy atom. The number of hydrogen-bond acceptors (Lipinski definition) is 11. The molecule has 0 unspecified atom stereocenters. The molecule has 2 fully saturated rings. The van der Waals surface area contributed by atoms with Gasteiger partial charge < -0.3 is 38.9 Å². The highest BCUT2D eigenvalue weighted by Gasteiger charge is 2.53. The summed E-state index contributed by atoms with van der Waals surface area (Å²) in [6.45, 7) is 1.62. The molecule has 0 bridgehead atoms. The van der Waals surface area contributed by atoms with Crippen LogP contribution in [0.5, 0.6) is 23.0 Å². The summed E-state index contributed by atoms with van der Waals surface area (Å²) in [6.07, 6.45) is 3.10. The van der Waals surface area contributed by atoms with Gasteiger partial charge in [0.25, 0.3) is 0 Å². The highest BCUT2D eigenvalue weighted by atomic mass is 16.6. The Bertz CT molecular complexity index is 1380. The summed E-state index contributed by atoms with van der Waals surface area (Å²) >= 11 is 0. The van der Waals surface area contributed by atoms with E-state index in [1.54, 1.807) is 26.4 Å². The van der Waals surface area contributed by atoms with Crippen LogP contribution in [0.4, 0.5) is 5.69 Å². The van der Waals surface area contributed by atoms with Crippen molar-refractivity contribution in [1.29, 1.82) is 0 Å². The number of ether oxygens (including phenoxy) is 7. The van der Waals surface area contributed by atoms with Crippen LogP contribution in [0.25, 0.3) is 5.57 Å². The van der Waals surface area contributed by atoms with E-state index in [1.807, 2.05) is 18.2 Å². The Morgan fingerprint density at radius 3 is 2.23 bits per heavy atom. The minimum Gasteiger partial charge on any atom is -0.497 e. The summed E-state index contributed by atoms with van der Waals surface area (Å²) < 4.78 is 38.8. The number of fused-ring (bicyclic) bond motifs is 2. The number of carbonyl (C=O) groups excluding carboxylic acids is 2. The maximum Gasteiger partial charge on any atom is 0.338 e. The third-order valence-electron chi connectivity index (χ3n) is 9.34. The summed E-state index contributed by atoms with van der Waals surface area (Å²) in [5, 5.41) is 0. The van der Waals surface area contributed by atoms with E-state index in [2.05, 4.69) is 11.0 Å². The fourth-order valence-corrected chi connectivity index (χ4v) is 7.25. The third-order valence-corrected chi connectivity index (χ3v) is 9.34. The maximum atomic E-state index is 13.5. The first kappa shape index (κ1) is 31.5. The molecule has 1 saturated carbocycles. The number of carbonyl (C=O) groups is 2. The smallest absolute Gasteiger partial charge is 0.338 e. The molecule has 44 heavy (non-hydrogen) atoms. The van der Waals surface area contributed by atoms with E-state index in [4.69, 9.17) is 38.9 Å². The van der Waals surface area contributed by atoms with Crippen LogP contribution in [-0.2, 0) is 19.0 Å². The van der Waals surface area contributed by atoms with Gasteiger partial charge in [0.2, 0.25) is 5.75 Å². The normalized spacial score (nSPS) is 26.4. The molecule has 0 aromatic heterocycles. The van der Waals surface area contributed by atoms with Gasteiger partial charge in [0.15, 0.2) is 11.5 Å². The van der Waals surface area contributed by atoms with Crippen molar-refractivity contribution in [2.75, 3.05) is 61.5 Å². The molecule has 1 aliphatic carbocycles. The van der Waals surface area contributed by atoms with Crippen LogP contribution in [-0.4, -0.2) is 90.8 Å². The number of esters is 2. The van der Waals surface area contributed by atoms with Crippen molar-refractivity contribution in [3.05, 3.63) is 47.5 Å². The molecule has 0 amide bonds. The number of nitrogen functional groups attached to an aromatic ring is 1. The zero-order valence-electron chi connectivity index (χ0n) is 26.2. The number of piperidine rings is 1. The van der Waals surface area contributed by atoms with Crippen molar-refractivity contribution in [2.24, 2.45) is 17.8 Å². The Labute approximate surface area is 258 Å². The lowest BCUT2D eigenvalue weighted by Gasteiger charge is -2.52. The fourth-order valence-electron chi connectivity index (χ4n) is 7.25. The number of rotatable bonds is 9. The van der Waals surface area contributed by atoms with Gasteiger partial charge in [-0.25, -0.2) is 4.79 Å². The lowest BCUT2D eigenvalue weighted by atomic mass is 9.64. The van der Waals surface area contributed by atoms with E-state index < -0.39 is 24.1 Å². The fraction of sp³-hybridized carbons (Fsp3) is 0.515. The number of hydrogen-bond donors (Lipinski definition) is 1. The molecule has 0 spiro atoms. The van der Waals surface area contributed by atoms with Crippen molar-refractivity contribution in [1.82, 2.24) is 4.90 Å². The first-order valence-electron chi connectivity index (χ1n) is 14.8. The molecule has 11 nitrogen and oxygen atoms in total. The molecule has 2 N–H and O–H groups in total. The zero-order valence-corrected chi connectivity index (χ0v) is 26.2. The summed E-state index contributed by atoms with van der Waals surface area (Å²) in [4.78, 5) is 29.3. The largest absolute Gasteiger partial charge is 0.497 e. The van der Waals surface area contributed by atoms with Gasteiger partial charge in [0.1, 0.15) is 18.0 Å². The monoisotopic (exact) mass is 610 g/mol. The molecule has 238 valence electrons. The van der Waals surface area contributed by atoms with Gasteiger partial charge in [-0.05, 0) is 60.9 Å². The molecule has 3 aliphatic rings. The highest BCUT2D eigenvalue weighted by Crippen LogP contribution is 2.47. The molecule has 2 aromatic carbocycles. The van der Waals surface area contributed by atoms with Crippen LogP contribution in [0.1, 0.15) is 35.2 Å². The Kier molecular flexibility index (Phi) is 9.55. The number of nitrogens with two attached hydrogens (primary N) is 1. The van der Waals surface area contributed by atoms with Crippen molar-refractivity contribution >= 4 is 23.2 Å². The SMILES string of the molecule is COC(=O)[C@H]1[C@H]2C[C@H]3C=C(c4ccc(OC)cc4N)CCN3C[C@H]2C[C@@H](OC(=O)c2cc(OC)c(OC)c(OC)c2)[C@@H]1OC. The standard InChI is InChI=1S/C33H42N2O9/c1-38-22-7-8-23(25(34)16-22)18-9-10-35-17-20-14-28(31(42-5)29(33(37)43-6)24(20)15-21(35)11-18)44-32(36)19-12-26(39-2)30(41-4)27(13-19)40-3/h7-8,11-13,16,20-21,24,28-29,31H,9-10,14-15,17,34H2,1-6H3/t20-,21-,24+,28-,29+,31+/m1/s1. The van der Waals surface area contributed by atoms with E-state index in [9.17, 15) is 9.59 Å². The predicted molar refractivity (Wildman–Crippen MR) is 163 cm³/mol. The quantitative estimate of drug-likeness (QED) is 0.329. The van der Waals surface area contributed by atoms with Gasteiger partial charge in [-0.15, -0.1) is 0 Å². The molecule has 1 saturated heterocycles. The molecule has 2 aliphatic heterocycles. The predicted octanol–water partition coefficient (Wildman–Crippen LogP) is 3.83. The van der Waals surface area contributed by atoms with Gasteiger partial charge in [0, 0.05) is 43.6 Å². The van der Waals surface area contributed by atoms with Crippen LogP contribution < -0.4 is 24.7 Å². The van der Waals surface area contributed by atoms with Crippen molar-refractivity contribution < 1.29 is 42.7 Å². The Balaban J connectivity index is 1.40. The van der Waals surface area contributed by atoms with E-state index in [1.165, 1.54) is 34.0 Å². The second-order valence-corrected chi connectivity index (χ2v) is 11.5. The second kappa shape index (κ2) is 13.4. The topological polar surface area (TPSA) is 128 Å². The van der Waals surface area contributed by atoms with Crippen molar-refractivity contribution in [3.8, 4) is 23.0 Å². The van der Waals surface area contributed by atoms with Crippen LogP contribution in [0.2, 0.25) is 0 Å². The van der Waals surface area contributed by atoms with Gasteiger partial charge in [-0.3, -0.25) is 9.69 Å². The number of methoxy groups -OCH3 is 6. The molecular formula is C33H42N2O9. The molecule has 11 heteroatoms.